The molecule has 1 aliphatic heterocycles. The highest BCUT2D eigenvalue weighted by Gasteiger charge is 2.20. The normalized spacial score (nSPS) is 14.0. The zero-order valence-corrected chi connectivity index (χ0v) is 27.2. The van der Waals surface area contributed by atoms with E-state index in [-0.39, 0.29) is 11.8 Å². The largest absolute Gasteiger partial charge is 0.345 e. The Morgan fingerprint density at radius 1 is 0.837 bits per heavy atom. The lowest BCUT2D eigenvalue weighted by Crippen LogP contribution is -2.34. The van der Waals surface area contributed by atoms with Gasteiger partial charge in [0.1, 0.15) is 0 Å². The average molecular weight is 589 g/mol. The van der Waals surface area contributed by atoms with Gasteiger partial charge in [0, 0.05) is 50.5 Å². The summed E-state index contributed by atoms with van der Waals surface area (Å²) in [7, 11) is 3.52. The highest BCUT2D eigenvalue weighted by atomic mass is 16.2. The van der Waals surface area contributed by atoms with Crippen molar-refractivity contribution in [2.75, 3.05) is 52.1 Å². The number of anilines is 2. The third kappa shape index (κ3) is 9.05. The maximum Gasteiger partial charge on any atom is 0.253 e. The number of piperidine rings is 1. The summed E-state index contributed by atoms with van der Waals surface area (Å²) in [5.41, 5.74) is 4.07. The van der Waals surface area contributed by atoms with Gasteiger partial charge in [-0.3, -0.25) is 9.59 Å². The lowest BCUT2D eigenvalue weighted by Gasteiger charge is -2.26. The second-order valence-corrected chi connectivity index (χ2v) is 13.1. The molecule has 0 radical (unpaired) electrons. The van der Waals surface area contributed by atoms with Crippen LogP contribution < -0.4 is 5.32 Å². The molecule has 0 bridgehead atoms. The fraction of sp³-hybridized carbons (Fsp3) is 0.571. The van der Waals surface area contributed by atoms with Gasteiger partial charge in [-0.1, -0.05) is 34.1 Å². The minimum Gasteiger partial charge on any atom is -0.345 e. The predicted molar refractivity (Wildman–Crippen MR) is 177 cm³/mol. The first kappa shape index (κ1) is 32.5. The lowest BCUT2D eigenvalue weighted by molar-refractivity contribution is 0.0740. The number of rotatable bonds is 14. The van der Waals surface area contributed by atoms with E-state index in [1.807, 2.05) is 47.4 Å². The topological polar surface area (TPSA) is 73.7 Å². The molecule has 1 saturated heterocycles. The highest BCUT2D eigenvalue weighted by molar-refractivity contribution is 5.98. The van der Waals surface area contributed by atoms with E-state index in [2.05, 4.69) is 42.5 Å². The van der Waals surface area contributed by atoms with E-state index in [1.54, 1.807) is 19.0 Å². The number of nitrogens with one attached hydrogen (secondary N) is 1. The van der Waals surface area contributed by atoms with Crippen molar-refractivity contribution in [3.63, 3.8) is 0 Å². The number of amides is 2. The SMILES string of the molecule is CC(C)CCN(CCC(C)C)C(=O)c1ccc2nc(Nc3ccc(C(=O)N(C)C)cc3)n(CCCN3CCCCC3)c2c1. The summed E-state index contributed by atoms with van der Waals surface area (Å²) >= 11 is 0. The van der Waals surface area contributed by atoms with Gasteiger partial charge >= 0.3 is 0 Å². The number of imidazole rings is 1. The van der Waals surface area contributed by atoms with Crippen LogP contribution in [0.1, 0.15) is 86.9 Å². The van der Waals surface area contributed by atoms with E-state index in [9.17, 15) is 9.59 Å². The predicted octanol–water partition coefficient (Wildman–Crippen LogP) is 6.89. The fourth-order valence-corrected chi connectivity index (χ4v) is 5.62. The van der Waals surface area contributed by atoms with Gasteiger partial charge in [0.25, 0.3) is 11.8 Å². The second-order valence-electron chi connectivity index (χ2n) is 13.1. The van der Waals surface area contributed by atoms with Crippen LogP contribution in [0, 0.1) is 11.8 Å². The Hall–Kier alpha value is -3.39. The molecule has 1 aliphatic rings. The summed E-state index contributed by atoms with van der Waals surface area (Å²) in [5, 5.41) is 3.50. The van der Waals surface area contributed by atoms with Crippen LogP contribution in [0.5, 0.6) is 0 Å². The first-order chi connectivity index (χ1) is 20.6. The molecule has 0 aliphatic carbocycles. The molecule has 234 valence electrons. The Labute approximate surface area is 258 Å². The van der Waals surface area contributed by atoms with Crippen molar-refractivity contribution < 1.29 is 9.59 Å². The van der Waals surface area contributed by atoms with Crippen molar-refractivity contribution in [2.24, 2.45) is 11.8 Å². The van der Waals surface area contributed by atoms with Crippen molar-refractivity contribution in [1.82, 2.24) is 24.3 Å². The highest BCUT2D eigenvalue weighted by Crippen LogP contribution is 2.26. The Balaban J connectivity index is 1.62. The second kappa shape index (κ2) is 15.4. The van der Waals surface area contributed by atoms with Crippen LogP contribution in [0.3, 0.4) is 0 Å². The summed E-state index contributed by atoms with van der Waals surface area (Å²) in [6, 6.07) is 13.5. The maximum atomic E-state index is 13.8. The van der Waals surface area contributed by atoms with Crippen LogP contribution >= 0.6 is 0 Å². The number of carbonyl (C=O) groups excluding carboxylic acids is 2. The van der Waals surface area contributed by atoms with Crippen molar-refractivity contribution in [1.29, 1.82) is 0 Å². The molecule has 4 rings (SSSR count). The van der Waals surface area contributed by atoms with Crippen molar-refractivity contribution in [3.05, 3.63) is 53.6 Å². The Bertz CT molecular complexity index is 1330. The van der Waals surface area contributed by atoms with E-state index in [4.69, 9.17) is 4.98 Å². The third-order valence-corrected chi connectivity index (χ3v) is 8.33. The summed E-state index contributed by atoms with van der Waals surface area (Å²) in [5.74, 6) is 1.91. The molecule has 43 heavy (non-hydrogen) atoms. The first-order valence-electron chi connectivity index (χ1n) is 16.2. The zero-order chi connectivity index (χ0) is 30.9. The molecular formula is C35H52N6O2. The maximum absolute atomic E-state index is 13.8. The standard InChI is InChI=1S/C35H52N6O2/c1-26(2)17-23-40(24-18-27(3)4)34(43)29-13-16-31-32(25-29)41(22-10-21-39-19-8-7-9-20-39)35(37-31)36-30-14-11-28(12-15-30)33(42)38(5)6/h11-16,25-27H,7-10,17-24H2,1-6H3,(H,36,37). The number of carbonyl (C=O) groups is 2. The van der Waals surface area contributed by atoms with Crippen molar-refractivity contribution in [2.45, 2.75) is 72.8 Å². The number of likely N-dealkylation sites (tertiary alicyclic amines) is 1. The molecule has 1 aromatic heterocycles. The van der Waals surface area contributed by atoms with Crippen LogP contribution in [0.25, 0.3) is 11.0 Å². The third-order valence-electron chi connectivity index (χ3n) is 8.33. The molecule has 8 heteroatoms. The van der Waals surface area contributed by atoms with Gasteiger partial charge in [0.2, 0.25) is 5.95 Å². The minimum absolute atomic E-state index is 0.0236. The summed E-state index contributed by atoms with van der Waals surface area (Å²) < 4.78 is 2.22. The van der Waals surface area contributed by atoms with Gasteiger partial charge in [0.15, 0.2) is 0 Å². The summed E-state index contributed by atoms with van der Waals surface area (Å²) in [4.78, 5) is 37.3. The first-order valence-corrected chi connectivity index (χ1v) is 16.2. The van der Waals surface area contributed by atoms with E-state index in [1.165, 1.54) is 32.4 Å². The quantitative estimate of drug-likeness (QED) is 0.222. The van der Waals surface area contributed by atoms with Crippen LogP contribution in [-0.4, -0.2) is 82.9 Å². The number of aromatic nitrogens is 2. The molecule has 1 fully saturated rings. The molecular weight excluding hydrogens is 536 g/mol. The Morgan fingerprint density at radius 2 is 1.47 bits per heavy atom. The molecule has 8 nitrogen and oxygen atoms in total. The molecule has 1 N–H and O–H groups in total. The van der Waals surface area contributed by atoms with E-state index in [0.717, 1.165) is 73.7 Å². The lowest BCUT2D eigenvalue weighted by atomic mass is 10.1. The van der Waals surface area contributed by atoms with Gasteiger partial charge in [0.05, 0.1) is 11.0 Å². The fourth-order valence-electron chi connectivity index (χ4n) is 5.62. The van der Waals surface area contributed by atoms with Crippen molar-refractivity contribution in [3.8, 4) is 0 Å². The van der Waals surface area contributed by atoms with Crippen LogP contribution in [0.15, 0.2) is 42.5 Å². The summed E-state index contributed by atoms with van der Waals surface area (Å²) in [6.45, 7) is 14.6. The van der Waals surface area contributed by atoms with E-state index < -0.39 is 0 Å². The number of nitrogens with zero attached hydrogens (tertiary/aromatic N) is 5. The molecule has 3 aromatic rings. The van der Waals surface area contributed by atoms with E-state index in [0.29, 0.717) is 17.4 Å². The molecule has 2 heterocycles. The van der Waals surface area contributed by atoms with E-state index >= 15 is 0 Å². The van der Waals surface area contributed by atoms with Gasteiger partial charge in [-0.05, 0) is 106 Å². The number of hydrogen-bond donors (Lipinski definition) is 1. The number of benzene rings is 2. The Kier molecular flexibility index (Phi) is 11.6. The van der Waals surface area contributed by atoms with Crippen LogP contribution in [-0.2, 0) is 6.54 Å². The average Bonchev–Trinajstić information content (AvgIpc) is 3.33. The molecule has 0 saturated carbocycles. The number of aryl methyl sites for hydroxylation is 1. The molecule has 0 spiro atoms. The molecule has 0 unspecified atom stereocenters. The number of hydrogen-bond acceptors (Lipinski definition) is 5. The number of fused-ring (bicyclic) bond motifs is 1. The Morgan fingerprint density at radius 3 is 2.07 bits per heavy atom. The zero-order valence-electron chi connectivity index (χ0n) is 27.2. The minimum atomic E-state index is -0.0236. The van der Waals surface area contributed by atoms with Gasteiger partial charge < -0.3 is 24.6 Å². The summed E-state index contributed by atoms with van der Waals surface area (Å²) in [6.07, 6.45) is 6.88. The van der Waals surface area contributed by atoms with Crippen LogP contribution in [0.2, 0.25) is 0 Å². The molecule has 2 aromatic carbocycles. The molecule has 0 atom stereocenters. The monoisotopic (exact) mass is 588 g/mol. The smallest absolute Gasteiger partial charge is 0.253 e. The van der Waals surface area contributed by atoms with Crippen molar-refractivity contribution >= 4 is 34.5 Å². The van der Waals surface area contributed by atoms with Gasteiger partial charge in [-0.2, -0.15) is 0 Å². The van der Waals surface area contributed by atoms with Gasteiger partial charge in [-0.25, -0.2) is 4.98 Å². The molecule has 2 amide bonds. The van der Waals surface area contributed by atoms with Gasteiger partial charge in [-0.15, -0.1) is 0 Å². The van der Waals surface area contributed by atoms with Crippen LogP contribution in [0.4, 0.5) is 11.6 Å².